The molecule has 3 heteroatoms. The zero-order valence-electron chi connectivity index (χ0n) is 16.5. The quantitative estimate of drug-likeness (QED) is 0.500. The highest BCUT2D eigenvalue weighted by molar-refractivity contribution is 5.43. The highest BCUT2D eigenvalue weighted by Crippen LogP contribution is 2.29. The molecule has 2 rings (SSSR count). The fourth-order valence-electron chi connectivity index (χ4n) is 2.80. The van der Waals surface area contributed by atoms with Gasteiger partial charge in [-0.1, -0.05) is 62.1 Å². The number of benzene rings is 2. The van der Waals surface area contributed by atoms with Crippen LogP contribution in [-0.2, 0) is 13.2 Å². The third-order valence-electron chi connectivity index (χ3n) is 4.36. The molecule has 0 atom stereocenters. The Morgan fingerprint density at radius 2 is 1.58 bits per heavy atom. The Morgan fingerprint density at radius 3 is 2.31 bits per heavy atom. The molecule has 0 aliphatic carbocycles. The van der Waals surface area contributed by atoms with Crippen LogP contribution in [0.1, 0.15) is 56.2 Å². The molecule has 0 aliphatic heterocycles. The molecule has 0 saturated carbocycles. The van der Waals surface area contributed by atoms with Gasteiger partial charge in [-0.05, 0) is 50.1 Å². The summed E-state index contributed by atoms with van der Waals surface area (Å²) in [5.41, 5.74) is 3.65. The summed E-state index contributed by atoms with van der Waals surface area (Å²) in [6.45, 7) is 9.45. The van der Waals surface area contributed by atoms with E-state index in [9.17, 15) is 0 Å². The van der Waals surface area contributed by atoms with E-state index in [-0.39, 0.29) is 0 Å². The third-order valence-corrected chi connectivity index (χ3v) is 4.36. The van der Waals surface area contributed by atoms with Crippen molar-refractivity contribution in [3.05, 3.63) is 59.2 Å². The first-order chi connectivity index (χ1) is 12.7. The van der Waals surface area contributed by atoms with Crippen LogP contribution in [0.25, 0.3) is 0 Å². The molecule has 142 valence electrons. The first-order valence-electron chi connectivity index (χ1n) is 9.87. The van der Waals surface area contributed by atoms with Crippen molar-refractivity contribution in [2.24, 2.45) is 0 Å². The van der Waals surface area contributed by atoms with Crippen molar-refractivity contribution in [2.75, 3.05) is 13.2 Å². The van der Waals surface area contributed by atoms with Gasteiger partial charge in [0, 0.05) is 6.54 Å². The molecule has 3 nitrogen and oxygen atoms in total. The van der Waals surface area contributed by atoms with Crippen LogP contribution in [0.15, 0.2) is 42.5 Å². The predicted octanol–water partition coefficient (Wildman–Crippen LogP) is 5.64. The molecule has 2 aromatic rings. The molecule has 0 heterocycles. The van der Waals surface area contributed by atoms with E-state index in [0.29, 0.717) is 13.2 Å². The van der Waals surface area contributed by atoms with Gasteiger partial charge in [0.2, 0.25) is 0 Å². The average molecular weight is 356 g/mol. The van der Waals surface area contributed by atoms with Gasteiger partial charge in [-0.25, -0.2) is 0 Å². The van der Waals surface area contributed by atoms with E-state index in [4.69, 9.17) is 9.47 Å². The average Bonchev–Trinajstić information content (AvgIpc) is 2.65. The van der Waals surface area contributed by atoms with E-state index in [2.05, 4.69) is 55.6 Å². The van der Waals surface area contributed by atoms with Gasteiger partial charge in [-0.15, -0.1) is 0 Å². The van der Waals surface area contributed by atoms with E-state index in [0.717, 1.165) is 30.2 Å². The van der Waals surface area contributed by atoms with Gasteiger partial charge in [0.1, 0.15) is 6.61 Å². The van der Waals surface area contributed by atoms with Crippen LogP contribution in [0, 0.1) is 6.92 Å². The Hall–Kier alpha value is -2.00. The second-order valence-corrected chi connectivity index (χ2v) is 6.73. The minimum Gasteiger partial charge on any atom is -0.490 e. The Balaban J connectivity index is 1.89. The number of hydrogen-bond acceptors (Lipinski definition) is 3. The van der Waals surface area contributed by atoms with Gasteiger partial charge in [-0.2, -0.15) is 0 Å². The summed E-state index contributed by atoms with van der Waals surface area (Å²) < 4.78 is 11.8. The maximum atomic E-state index is 6.00. The van der Waals surface area contributed by atoms with Gasteiger partial charge < -0.3 is 14.8 Å². The van der Waals surface area contributed by atoms with Crippen LogP contribution in [0.3, 0.4) is 0 Å². The van der Waals surface area contributed by atoms with Crippen LogP contribution in [-0.4, -0.2) is 13.2 Å². The molecule has 26 heavy (non-hydrogen) atoms. The monoisotopic (exact) mass is 355 g/mol. The third kappa shape index (κ3) is 7.09. The topological polar surface area (TPSA) is 30.5 Å². The van der Waals surface area contributed by atoms with E-state index < -0.39 is 0 Å². The Bertz CT molecular complexity index is 637. The lowest BCUT2D eigenvalue weighted by Gasteiger charge is -2.14. The predicted molar refractivity (Wildman–Crippen MR) is 109 cm³/mol. The van der Waals surface area contributed by atoms with Crippen LogP contribution >= 0.6 is 0 Å². The lowest BCUT2D eigenvalue weighted by atomic mass is 10.1. The highest BCUT2D eigenvalue weighted by Gasteiger charge is 2.07. The van der Waals surface area contributed by atoms with E-state index in [1.54, 1.807) is 0 Å². The molecule has 0 spiro atoms. The smallest absolute Gasteiger partial charge is 0.161 e. The minimum atomic E-state index is 0.551. The standard InChI is InChI=1S/C23H33NO2/c1-4-6-7-8-15-24-17-21-13-14-22(23(16-21)25-5-2)26-18-20-11-9-19(3)10-12-20/h9-14,16,24H,4-8,15,17-18H2,1-3H3. The summed E-state index contributed by atoms with van der Waals surface area (Å²) in [6, 6.07) is 14.7. The van der Waals surface area contributed by atoms with Crippen LogP contribution in [0.4, 0.5) is 0 Å². The first-order valence-corrected chi connectivity index (χ1v) is 9.87. The molecule has 1 N–H and O–H groups in total. The van der Waals surface area contributed by atoms with Crippen LogP contribution < -0.4 is 14.8 Å². The second kappa shape index (κ2) is 11.6. The summed E-state index contributed by atoms with van der Waals surface area (Å²) in [6.07, 6.45) is 5.15. The fraction of sp³-hybridized carbons (Fsp3) is 0.478. The molecule has 0 bridgehead atoms. The Labute approximate surface area is 158 Å². The van der Waals surface area contributed by atoms with Gasteiger partial charge >= 0.3 is 0 Å². The molecule has 0 unspecified atom stereocenters. The van der Waals surface area contributed by atoms with E-state index in [1.807, 2.05) is 13.0 Å². The molecule has 2 aromatic carbocycles. The maximum Gasteiger partial charge on any atom is 0.161 e. The summed E-state index contributed by atoms with van der Waals surface area (Å²) in [4.78, 5) is 0. The highest BCUT2D eigenvalue weighted by atomic mass is 16.5. The number of nitrogens with one attached hydrogen (secondary N) is 1. The van der Waals surface area contributed by atoms with E-state index >= 15 is 0 Å². The van der Waals surface area contributed by atoms with Crippen molar-refractivity contribution in [2.45, 2.75) is 59.6 Å². The number of aryl methyl sites for hydroxylation is 1. The summed E-state index contributed by atoms with van der Waals surface area (Å²) in [5, 5.41) is 3.52. The number of unbranched alkanes of at least 4 members (excludes halogenated alkanes) is 3. The minimum absolute atomic E-state index is 0.551. The van der Waals surface area contributed by atoms with Crippen molar-refractivity contribution in [1.29, 1.82) is 0 Å². The lowest BCUT2D eigenvalue weighted by Crippen LogP contribution is -2.14. The SMILES string of the molecule is CCCCCCNCc1ccc(OCc2ccc(C)cc2)c(OCC)c1. The van der Waals surface area contributed by atoms with Crippen molar-refractivity contribution in [1.82, 2.24) is 5.32 Å². The first kappa shape index (κ1) is 20.3. The maximum absolute atomic E-state index is 6.00. The van der Waals surface area contributed by atoms with Gasteiger partial charge in [0.15, 0.2) is 11.5 Å². The molecular formula is C23H33NO2. The zero-order valence-corrected chi connectivity index (χ0v) is 16.5. The molecule has 0 aromatic heterocycles. The van der Waals surface area contributed by atoms with Crippen LogP contribution in [0.2, 0.25) is 0 Å². The van der Waals surface area contributed by atoms with Gasteiger partial charge in [-0.3, -0.25) is 0 Å². The molecule has 0 aliphatic rings. The molecule has 0 fully saturated rings. The lowest BCUT2D eigenvalue weighted by molar-refractivity contribution is 0.269. The zero-order chi connectivity index (χ0) is 18.6. The second-order valence-electron chi connectivity index (χ2n) is 6.73. The molecule has 0 saturated heterocycles. The number of hydrogen-bond donors (Lipinski definition) is 1. The van der Waals surface area contributed by atoms with Gasteiger partial charge in [0.25, 0.3) is 0 Å². The van der Waals surface area contributed by atoms with Crippen molar-refractivity contribution in [3.63, 3.8) is 0 Å². The molecule has 0 radical (unpaired) electrons. The van der Waals surface area contributed by atoms with Crippen LogP contribution in [0.5, 0.6) is 11.5 Å². The largest absolute Gasteiger partial charge is 0.490 e. The summed E-state index contributed by atoms with van der Waals surface area (Å²) >= 11 is 0. The number of ether oxygens (including phenoxy) is 2. The summed E-state index contributed by atoms with van der Waals surface area (Å²) in [7, 11) is 0. The Kier molecular flexibility index (Phi) is 9.05. The van der Waals surface area contributed by atoms with Gasteiger partial charge in [0.05, 0.1) is 6.61 Å². The molecular weight excluding hydrogens is 322 g/mol. The van der Waals surface area contributed by atoms with Crippen molar-refractivity contribution < 1.29 is 9.47 Å². The normalized spacial score (nSPS) is 10.7. The van der Waals surface area contributed by atoms with Crippen molar-refractivity contribution >= 4 is 0 Å². The number of rotatable bonds is 12. The Morgan fingerprint density at radius 1 is 0.808 bits per heavy atom. The molecule has 0 amide bonds. The fourth-order valence-corrected chi connectivity index (χ4v) is 2.80. The summed E-state index contributed by atoms with van der Waals surface area (Å²) in [5.74, 6) is 1.63. The van der Waals surface area contributed by atoms with E-state index in [1.165, 1.54) is 36.8 Å². The van der Waals surface area contributed by atoms with Crippen molar-refractivity contribution in [3.8, 4) is 11.5 Å².